The standard InChI is InChI=1S/C9H18N2O2/c1-9(2,3)11-6-5-10(4)7(11)8(12)13/h7H,5-6H2,1-4H3,(H,12,13). The third-order valence-electron chi connectivity index (χ3n) is 2.69. The Bertz CT molecular complexity index is 210. The van der Waals surface area contributed by atoms with Crippen LogP contribution in [0.3, 0.4) is 0 Å². The van der Waals surface area contributed by atoms with Gasteiger partial charge in [-0.3, -0.25) is 0 Å². The Hall–Kier alpha value is -0.610. The number of rotatable bonds is 1. The van der Waals surface area contributed by atoms with Crippen molar-refractivity contribution in [2.45, 2.75) is 32.5 Å². The second-order valence-electron chi connectivity index (χ2n) is 4.73. The van der Waals surface area contributed by atoms with Crippen molar-refractivity contribution in [1.29, 1.82) is 0 Å². The van der Waals surface area contributed by atoms with Crippen molar-refractivity contribution in [3.05, 3.63) is 0 Å². The molecule has 13 heavy (non-hydrogen) atoms. The van der Waals surface area contributed by atoms with Gasteiger partial charge in [0, 0.05) is 0 Å². The van der Waals surface area contributed by atoms with Gasteiger partial charge in [-0.2, -0.15) is 0 Å². The molecule has 4 heteroatoms. The maximum Gasteiger partial charge on any atom is 0.185 e. The van der Waals surface area contributed by atoms with E-state index >= 15 is 0 Å². The highest BCUT2D eigenvalue weighted by molar-refractivity contribution is 5.69. The van der Waals surface area contributed by atoms with Gasteiger partial charge in [-0.1, -0.05) is 0 Å². The van der Waals surface area contributed by atoms with Gasteiger partial charge in [0.15, 0.2) is 6.17 Å². The summed E-state index contributed by atoms with van der Waals surface area (Å²) in [5.41, 5.74) is -0.0322. The second kappa shape index (κ2) is 3.27. The van der Waals surface area contributed by atoms with Crippen molar-refractivity contribution in [3.63, 3.8) is 0 Å². The minimum atomic E-state index is -0.968. The summed E-state index contributed by atoms with van der Waals surface area (Å²) in [6.07, 6.45) is -0.486. The summed E-state index contributed by atoms with van der Waals surface area (Å²) >= 11 is 0. The predicted molar refractivity (Wildman–Crippen MR) is 47.0 cm³/mol. The molecule has 0 spiro atoms. The first-order chi connectivity index (χ1) is 5.84. The molecule has 0 aromatic rings. The monoisotopic (exact) mass is 186 g/mol. The zero-order valence-corrected chi connectivity index (χ0v) is 8.76. The van der Waals surface area contributed by atoms with Gasteiger partial charge in [0.25, 0.3) is 0 Å². The molecule has 1 fully saturated rings. The Morgan fingerprint density at radius 3 is 2.38 bits per heavy atom. The van der Waals surface area contributed by atoms with Crippen molar-refractivity contribution < 1.29 is 14.8 Å². The molecule has 0 radical (unpaired) electrons. The van der Waals surface area contributed by atoms with E-state index in [2.05, 4.69) is 20.8 Å². The number of likely N-dealkylation sites (N-methyl/N-ethyl adjacent to an activating group) is 1. The number of carbonyl (C=O) groups is 1. The van der Waals surface area contributed by atoms with Crippen molar-refractivity contribution in [2.24, 2.45) is 0 Å². The van der Waals surface area contributed by atoms with Gasteiger partial charge in [-0.25, -0.2) is 4.90 Å². The number of carboxylic acid groups (broad SMARTS) is 1. The molecule has 1 rings (SSSR count). The summed E-state index contributed by atoms with van der Waals surface area (Å²) in [5, 5.41) is 10.9. The molecule has 2 atom stereocenters. The molecule has 4 nitrogen and oxygen atoms in total. The highest BCUT2D eigenvalue weighted by Crippen LogP contribution is 2.01. The Balaban J connectivity index is 2.82. The van der Waals surface area contributed by atoms with E-state index in [4.69, 9.17) is 0 Å². The maximum atomic E-state index is 10.9. The molecule has 0 bridgehead atoms. The number of hydrogen-bond acceptors (Lipinski definition) is 3. The summed E-state index contributed by atoms with van der Waals surface area (Å²) in [5.74, 6) is -0.968. The molecular formula is C9H18N2O2. The molecule has 0 amide bonds. The number of quaternary nitrogens is 1. The molecule has 1 aliphatic heterocycles. The summed E-state index contributed by atoms with van der Waals surface area (Å²) in [6.45, 7) is 7.86. The van der Waals surface area contributed by atoms with E-state index < -0.39 is 12.1 Å². The quantitative estimate of drug-likeness (QED) is 0.500. The third kappa shape index (κ3) is 2.00. The van der Waals surface area contributed by atoms with Gasteiger partial charge < -0.3 is 14.8 Å². The molecule has 1 N–H and O–H groups in total. The van der Waals surface area contributed by atoms with E-state index in [1.54, 1.807) is 0 Å². The number of carboxylic acids is 1. The molecule has 1 saturated heterocycles. The number of carbonyl (C=O) groups excluding carboxylic acids is 1. The second-order valence-corrected chi connectivity index (χ2v) is 4.73. The minimum absolute atomic E-state index is 0.0322. The van der Waals surface area contributed by atoms with Crippen LogP contribution in [-0.4, -0.2) is 42.7 Å². The molecule has 76 valence electrons. The van der Waals surface area contributed by atoms with E-state index in [-0.39, 0.29) is 5.54 Å². The van der Waals surface area contributed by atoms with Gasteiger partial charge in [0.1, 0.15) is 5.97 Å². The van der Waals surface area contributed by atoms with Crippen molar-refractivity contribution in [1.82, 2.24) is 4.90 Å². The van der Waals surface area contributed by atoms with Gasteiger partial charge in [-0.15, -0.1) is 0 Å². The lowest BCUT2D eigenvalue weighted by Gasteiger charge is -2.35. The maximum absolute atomic E-state index is 10.9. The van der Waals surface area contributed by atoms with Crippen LogP contribution in [0.15, 0.2) is 0 Å². The third-order valence-corrected chi connectivity index (χ3v) is 2.69. The van der Waals surface area contributed by atoms with Crippen LogP contribution in [0.25, 0.3) is 0 Å². The lowest BCUT2D eigenvalue weighted by molar-refractivity contribution is -0.956. The summed E-state index contributed by atoms with van der Waals surface area (Å²) in [4.78, 5) is 13.8. The Morgan fingerprint density at radius 1 is 1.54 bits per heavy atom. The van der Waals surface area contributed by atoms with Gasteiger partial charge in [-0.05, 0) is 27.8 Å². The SMILES string of the molecule is CN1CC[NH+](C(C)(C)C)C1C(=O)[O-]. The molecule has 2 unspecified atom stereocenters. The van der Waals surface area contributed by atoms with Crippen molar-refractivity contribution in [3.8, 4) is 0 Å². The minimum Gasteiger partial charge on any atom is -0.543 e. The number of hydrogen-bond donors (Lipinski definition) is 1. The summed E-state index contributed by atoms with van der Waals surface area (Å²) in [6, 6.07) is 0. The van der Waals surface area contributed by atoms with Crippen LogP contribution in [0, 0.1) is 0 Å². The lowest BCUT2D eigenvalue weighted by atomic mass is 10.1. The molecule has 0 saturated carbocycles. The first-order valence-electron chi connectivity index (χ1n) is 4.61. The molecular weight excluding hydrogens is 168 g/mol. The number of aliphatic carboxylic acids is 1. The fraction of sp³-hybridized carbons (Fsp3) is 0.889. The predicted octanol–water partition coefficient (Wildman–Crippen LogP) is -2.31. The number of nitrogens with zero attached hydrogens (tertiary/aromatic N) is 1. The molecule has 1 aliphatic rings. The first-order valence-corrected chi connectivity index (χ1v) is 4.61. The van der Waals surface area contributed by atoms with Gasteiger partial charge >= 0.3 is 0 Å². The largest absolute Gasteiger partial charge is 0.543 e. The van der Waals surface area contributed by atoms with Crippen LogP contribution in [-0.2, 0) is 4.79 Å². The highest BCUT2D eigenvalue weighted by atomic mass is 16.4. The summed E-state index contributed by atoms with van der Waals surface area (Å²) in [7, 11) is 1.83. The fourth-order valence-electron chi connectivity index (χ4n) is 1.94. The average molecular weight is 186 g/mol. The molecule has 0 aromatic carbocycles. The number of nitrogens with one attached hydrogen (secondary N) is 1. The van der Waals surface area contributed by atoms with E-state index in [1.165, 1.54) is 0 Å². The normalized spacial score (nSPS) is 30.8. The zero-order chi connectivity index (χ0) is 10.2. The van der Waals surface area contributed by atoms with Crippen LogP contribution >= 0.6 is 0 Å². The topological polar surface area (TPSA) is 47.8 Å². The fourth-order valence-corrected chi connectivity index (χ4v) is 1.94. The molecule has 1 heterocycles. The summed E-state index contributed by atoms with van der Waals surface area (Å²) < 4.78 is 0. The lowest BCUT2D eigenvalue weighted by Crippen LogP contribution is -3.22. The van der Waals surface area contributed by atoms with Crippen LogP contribution in [0.4, 0.5) is 0 Å². The van der Waals surface area contributed by atoms with E-state index in [0.29, 0.717) is 0 Å². The van der Waals surface area contributed by atoms with Crippen LogP contribution in [0.2, 0.25) is 0 Å². The van der Waals surface area contributed by atoms with Crippen molar-refractivity contribution in [2.75, 3.05) is 20.1 Å². The van der Waals surface area contributed by atoms with Crippen LogP contribution in [0.5, 0.6) is 0 Å². The Kier molecular flexibility index (Phi) is 2.63. The van der Waals surface area contributed by atoms with Crippen LogP contribution < -0.4 is 10.0 Å². The highest BCUT2D eigenvalue weighted by Gasteiger charge is 2.41. The van der Waals surface area contributed by atoms with E-state index in [9.17, 15) is 9.90 Å². The van der Waals surface area contributed by atoms with Crippen molar-refractivity contribution >= 4 is 5.97 Å². The Morgan fingerprint density at radius 2 is 2.08 bits per heavy atom. The zero-order valence-electron chi connectivity index (χ0n) is 8.76. The van der Waals surface area contributed by atoms with Crippen LogP contribution in [0.1, 0.15) is 20.8 Å². The van der Waals surface area contributed by atoms with Gasteiger partial charge in [0.2, 0.25) is 0 Å². The average Bonchev–Trinajstić information content (AvgIpc) is 2.28. The smallest absolute Gasteiger partial charge is 0.185 e. The Labute approximate surface area is 79.1 Å². The first kappa shape index (κ1) is 10.5. The van der Waals surface area contributed by atoms with E-state index in [0.717, 1.165) is 18.0 Å². The van der Waals surface area contributed by atoms with Gasteiger partial charge in [0.05, 0.1) is 18.6 Å². The molecule has 0 aromatic heterocycles. The molecule has 0 aliphatic carbocycles. The van der Waals surface area contributed by atoms with E-state index in [1.807, 2.05) is 11.9 Å².